The van der Waals surface area contributed by atoms with Gasteiger partial charge in [-0.1, -0.05) is 13.0 Å². The molecule has 0 amide bonds. The Hall–Kier alpha value is -1.06. The van der Waals surface area contributed by atoms with Gasteiger partial charge in [0.25, 0.3) is 0 Å². The Morgan fingerprint density at radius 3 is 2.38 bits per heavy atom. The van der Waals surface area contributed by atoms with Crippen LogP contribution in [0.3, 0.4) is 0 Å². The summed E-state index contributed by atoms with van der Waals surface area (Å²) in [5.74, 6) is 0.452. The third kappa shape index (κ3) is 2.74. The number of hydrogen-bond donors (Lipinski definition) is 2. The highest BCUT2D eigenvalue weighted by Gasteiger charge is 2.22. The number of nitrogens with zero attached hydrogens (tertiary/aromatic N) is 1. The number of aryl methyl sites for hydroxylation is 1. The third-order valence-electron chi connectivity index (χ3n) is 2.96. The van der Waals surface area contributed by atoms with E-state index in [0.29, 0.717) is 0 Å². The lowest BCUT2D eigenvalue weighted by atomic mass is 9.91. The fourth-order valence-corrected chi connectivity index (χ4v) is 2.19. The summed E-state index contributed by atoms with van der Waals surface area (Å²) >= 11 is 0. The standard InChI is InChI=1S/C13H21NO2/c1-9-7-11(16)5-6-12(9)13(14(3)4)10(2)8-15/h5-7,10,13,15-16H,8H2,1-4H3. The molecule has 0 saturated carbocycles. The van der Waals surface area contributed by atoms with Crippen molar-refractivity contribution >= 4 is 0 Å². The lowest BCUT2D eigenvalue weighted by Crippen LogP contribution is -2.28. The van der Waals surface area contributed by atoms with E-state index in [9.17, 15) is 10.2 Å². The zero-order chi connectivity index (χ0) is 12.3. The molecule has 0 saturated heterocycles. The van der Waals surface area contributed by atoms with Gasteiger partial charge in [0, 0.05) is 12.6 Å². The molecule has 1 aromatic carbocycles. The predicted molar refractivity (Wildman–Crippen MR) is 65.5 cm³/mol. The summed E-state index contributed by atoms with van der Waals surface area (Å²) in [4.78, 5) is 2.10. The van der Waals surface area contributed by atoms with Gasteiger partial charge in [0.15, 0.2) is 0 Å². The van der Waals surface area contributed by atoms with Crippen LogP contribution in [0.1, 0.15) is 24.1 Å². The van der Waals surface area contributed by atoms with Gasteiger partial charge in [0.2, 0.25) is 0 Å². The fraction of sp³-hybridized carbons (Fsp3) is 0.538. The quantitative estimate of drug-likeness (QED) is 0.819. The number of aliphatic hydroxyl groups is 1. The molecule has 3 heteroatoms. The van der Waals surface area contributed by atoms with Crippen LogP contribution in [0.2, 0.25) is 0 Å². The Morgan fingerprint density at radius 1 is 1.31 bits per heavy atom. The highest BCUT2D eigenvalue weighted by atomic mass is 16.3. The molecule has 90 valence electrons. The number of hydrogen-bond acceptors (Lipinski definition) is 3. The largest absolute Gasteiger partial charge is 0.508 e. The summed E-state index contributed by atoms with van der Waals surface area (Å²) in [6.45, 7) is 4.16. The molecule has 3 nitrogen and oxygen atoms in total. The number of aliphatic hydroxyl groups excluding tert-OH is 1. The van der Waals surface area contributed by atoms with Crippen molar-refractivity contribution in [1.29, 1.82) is 0 Å². The topological polar surface area (TPSA) is 43.7 Å². The van der Waals surface area contributed by atoms with Gasteiger partial charge in [0.05, 0.1) is 0 Å². The van der Waals surface area contributed by atoms with E-state index in [-0.39, 0.29) is 24.3 Å². The molecule has 0 aromatic heterocycles. The molecule has 0 heterocycles. The van der Waals surface area contributed by atoms with Gasteiger partial charge in [-0.3, -0.25) is 0 Å². The summed E-state index contributed by atoms with van der Waals surface area (Å²) in [6.07, 6.45) is 0. The third-order valence-corrected chi connectivity index (χ3v) is 2.96. The van der Waals surface area contributed by atoms with Gasteiger partial charge in [0.1, 0.15) is 5.75 Å². The Bertz CT molecular complexity index is 350. The zero-order valence-electron chi connectivity index (χ0n) is 10.4. The van der Waals surface area contributed by atoms with Crippen LogP contribution in [-0.4, -0.2) is 35.8 Å². The average molecular weight is 223 g/mol. The smallest absolute Gasteiger partial charge is 0.115 e. The lowest BCUT2D eigenvalue weighted by Gasteiger charge is -2.30. The monoisotopic (exact) mass is 223 g/mol. The second kappa shape index (κ2) is 5.32. The number of phenolic OH excluding ortho intramolecular Hbond substituents is 1. The van der Waals surface area contributed by atoms with E-state index in [1.807, 2.05) is 34.0 Å². The van der Waals surface area contributed by atoms with Crippen LogP contribution in [0.4, 0.5) is 0 Å². The van der Waals surface area contributed by atoms with Crippen LogP contribution in [-0.2, 0) is 0 Å². The molecule has 0 aliphatic heterocycles. The normalized spacial score (nSPS) is 15.1. The molecule has 16 heavy (non-hydrogen) atoms. The Balaban J connectivity index is 3.11. The number of aromatic hydroxyl groups is 1. The second-order valence-electron chi connectivity index (χ2n) is 4.61. The highest BCUT2D eigenvalue weighted by molar-refractivity contribution is 5.36. The molecule has 1 aromatic rings. The van der Waals surface area contributed by atoms with Crippen molar-refractivity contribution in [3.63, 3.8) is 0 Å². The molecule has 0 aliphatic rings. The zero-order valence-corrected chi connectivity index (χ0v) is 10.4. The molecular weight excluding hydrogens is 202 g/mol. The second-order valence-corrected chi connectivity index (χ2v) is 4.61. The predicted octanol–water partition coefficient (Wildman–Crippen LogP) is 1.93. The minimum absolute atomic E-state index is 0.156. The molecule has 0 spiro atoms. The highest BCUT2D eigenvalue weighted by Crippen LogP contribution is 2.30. The van der Waals surface area contributed by atoms with E-state index in [1.54, 1.807) is 12.1 Å². The summed E-state index contributed by atoms with van der Waals surface area (Å²) in [5.41, 5.74) is 2.21. The maximum absolute atomic E-state index is 9.39. The Labute approximate surface area is 97.3 Å². The van der Waals surface area contributed by atoms with Gasteiger partial charge < -0.3 is 15.1 Å². The number of benzene rings is 1. The molecule has 0 aliphatic carbocycles. The van der Waals surface area contributed by atoms with Gasteiger partial charge in [-0.05, 0) is 50.2 Å². The van der Waals surface area contributed by atoms with Crippen LogP contribution in [0, 0.1) is 12.8 Å². The van der Waals surface area contributed by atoms with E-state index < -0.39 is 0 Å². The van der Waals surface area contributed by atoms with Crippen molar-refractivity contribution in [2.24, 2.45) is 5.92 Å². The molecule has 1 rings (SSSR count). The summed E-state index contributed by atoms with van der Waals surface area (Å²) < 4.78 is 0. The average Bonchev–Trinajstić information content (AvgIpc) is 2.21. The van der Waals surface area contributed by atoms with Crippen molar-refractivity contribution in [2.45, 2.75) is 19.9 Å². The molecule has 2 unspecified atom stereocenters. The van der Waals surface area contributed by atoms with Crippen LogP contribution in [0.15, 0.2) is 18.2 Å². The first-order valence-electron chi connectivity index (χ1n) is 5.54. The molecule has 2 N–H and O–H groups in total. The molecule has 2 atom stereocenters. The van der Waals surface area contributed by atoms with Crippen molar-refractivity contribution in [2.75, 3.05) is 20.7 Å². The van der Waals surface area contributed by atoms with Crippen molar-refractivity contribution in [3.8, 4) is 5.75 Å². The maximum Gasteiger partial charge on any atom is 0.115 e. The Kier molecular flexibility index (Phi) is 4.33. The first-order chi connectivity index (χ1) is 7.47. The summed E-state index contributed by atoms with van der Waals surface area (Å²) in [5, 5.41) is 18.7. The van der Waals surface area contributed by atoms with Gasteiger partial charge in [-0.2, -0.15) is 0 Å². The fourth-order valence-electron chi connectivity index (χ4n) is 2.19. The molecule has 0 radical (unpaired) electrons. The number of rotatable bonds is 4. The van der Waals surface area contributed by atoms with Crippen LogP contribution in [0.25, 0.3) is 0 Å². The summed E-state index contributed by atoms with van der Waals surface area (Å²) in [6, 6.07) is 5.56. The summed E-state index contributed by atoms with van der Waals surface area (Å²) in [7, 11) is 4.01. The van der Waals surface area contributed by atoms with Crippen LogP contribution < -0.4 is 0 Å². The van der Waals surface area contributed by atoms with Crippen molar-refractivity contribution in [3.05, 3.63) is 29.3 Å². The van der Waals surface area contributed by atoms with Gasteiger partial charge >= 0.3 is 0 Å². The SMILES string of the molecule is Cc1cc(O)ccc1C(C(C)CO)N(C)C. The first-order valence-corrected chi connectivity index (χ1v) is 5.54. The van der Waals surface area contributed by atoms with E-state index >= 15 is 0 Å². The lowest BCUT2D eigenvalue weighted by molar-refractivity contribution is 0.145. The minimum Gasteiger partial charge on any atom is -0.508 e. The van der Waals surface area contributed by atoms with E-state index in [0.717, 1.165) is 11.1 Å². The molecule has 0 bridgehead atoms. The van der Waals surface area contributed by atoms with Crippen LogP contribution in [0.5, 0.6) is 5.75 Å². The molecular formula is C13H21NO2. The molecule has 0 fully saturated rings. The van der Waals surface area contributed by atoms with Crippen LogP contribution >= 0.6 is 0 Å². The van der Waals surface area contributed by atoms with E-state index in [2.05, 4.69) is 4.90 Å². The van der Waals surface area contributed by atoms with E-state index in [4.69, 9.17) is 0 Å². The number of phenols is 1. The Morgan fingerprint density at radius 2 is 1.94 bits per heavy atom. The first kappa shape index (κ1) is 13.0. The van der Waals surface area contributed by atoms with Crippen molar-refractivity contribution in [1.82, 2.24) is 4.90 Å². The van der Waals surface area contributed by atoms with Gasteiger partial charge in [-0.25, -0.2) is 0 Å². The van der Waals surface area contributed by atoms with Gasteiger partial charge in [-0.15, -0.1) is 0 Å². The van der Waals surface area contributed by atoms with Crippen molar-refractivity contribution < 1.29 is 10.2 Å². The van der Waals surface area contributed by atoms with E-state index in [1.165, 1.54) is 0 Å². The minimum atomic E-state index is 0.156. The maximum atomic E-state index is 9.39.